The van der Waals surface area contributed by atoms with Gasteiger partial charge in [0.05, 0.1) is 16.8 Å². The van der Waals surface area contributed by atoms with Crippen molar-refractivity contribution < 1.29 is 22.8 Å². The fourth-order valence-electron chi connectivity index (χ4n) is 3.20. The molecule has 4 rings (SSSR count). The number of thiophene rings is 1. The molecule has 0 saturated carbocycles. The van der Waals surface area contributed by atoms with Crippen LogP contribution in [-0.4, -0.2) is 11.8 Å². The number of aryl methyl sites for hydroxylation is 1. The van der Waals surface area contributed by atoms with Gasteiger partial charge in [0, 0.05) is 10.6 Å². The van der Waals surface area contributed by atoms with Gasteiger partial charge in [-0.25, -0.2) is 4.90 Å². The van der Waals surface area contributed by atoms with Crippen LogP contribution >= 0.6 is 11.3 Å². The van der Waals surface area contributed by atoms with Crippen LogP contribution in [-0.2, 0) is 15.8 Å². The Hall–Kier alpha value is -3.39. The van der Waals surface area contributed by atoms with E-state index >= 15 is 0 Å². The van der Waals surface area contributed by atoms with E-state index in [4.69, 9.17) is 0 Å². The van der Waals surface area contributed by atoms with Crippen LogP contribution in [0.15, 0.2) is 71.7 Å². The van der Waals surface area contributed by atoms with Crippen molar-refractivity contribution in [3.63, 3.8) is 0 Å². The zero-order chi connectivity index (χ0) is 21.5. The smallest absolute Gasteiger partial charge is 0.350 e. The summed E-state index contributed by atoms with van der Waals surface area (Å²) in [7, 11) is 0. The Labute approximate surface area is 174 Å². The first-order chi connectivity index (χ1) is 14.3. The predicted molar refractivity (Wildman–Crippen MR) is 110 cm³/mol. The number of nitrogens with one attached hydrogen (secondary N) is 1. The van der Waals surface area contributed by atoms with Gasteiger partial charge in [-0.1, -0.05) is 18.2 Å². The third-order valence-electron chi connectivity index (χ3n) is 4.59. The van der Waals surface area contributed by atoms with Crippen LogP contribution in [0.1, 0.15) is 16.0 Å². The largest absolute Gasteiger partial charge is 0.416 e. The molecule has 1 aromatic heterocycles. The fourth-order valence-corrected chi connectivity index (χ4v) is 3.96. The number of hydrogen-bond donors (Lipinski definition) is 1. The van der Waals surface area contributed by atoms with Crippen LogP contribution in [0.3, 0.4) is 0 Å². The van der Waals surface area contributed by atoms with Gasteiger partial charge in [0.15, 0.2) is 0 Å². The number of halogens is 3. The van der Waals surface area contributed by atoms with Gasteiger partial charge in [0.25, 0.3) is 11.8 Å². The van der Waals surface area contributed by atoms with E-state index in [0.29, 0.717) is 10.6 Å². The molecule has 1 aliphatic rings. The number of amides is 2. The summed E-state index contributed by atoms with van der Waals surface area (Å²) < 4.78 is 38.6. The van der Waals surface area contributed by atoms with Crippen LogP contribution in [0.4, 0.5) is 24.5 Å². The summed E-state index contributed by atoms with van der Waals surface area (Å²) in [6.45, 7) is 1.90. The first kappa shape index (κ1) is 19.9. The van der Waals surface area contributed by atoms with Crippen LogP contribution in [0.2, 0.25) is 0 Å². The summed E-state index contributed by atoms with van der Waals surface area (Å²) >= 11 is 1.30. The Morgan fingerprint density at radius 3 is 2.27 bits per heavy atom. The number of rotatable bonds is 4. The number of carbonyl (C=O) groups excluding carboxylic acids is 2. The normalized spacial score (nSPS) is 14.6. The first-order valence-corrected chi connectivity index (χ1v) is 9.81. The number of hydrogen-bond acceptors (Lipinski definition) is 4. The second-order valence-electron chi connectivity index (χ2n) is 6.71. The SMILES string of the molecule is Cc1cccc(NC2=C(c3cccs3)C(=O)N(c3ccc(C(F)(F)F)cc3)C2=O)c1. The molecule has 0 unspecified atom stereocenters. The molecule has 0 saturated heterocycles. The van der Waals surface area contributed by atoms with E-state index in [1.54, 1.807) is 23.6 Å². The predicted octanol–water partition coefficient (Wildman–Crippen LogP) is 5.47. The van der Waals surface area contributed by atoms with Crippen molar-refractivity contribution >= 4 is 40.1 Å². The zero-order valence-corrected chi connectivity index (χ0v) is 16.5. The topological polar surface area (TPSA) is 49.4 Å². The molecule has 0 aliphatic carbocycles. The average molecular weight is 428 g/mol. The van der Waals surface area contributed by atoms with E-state index in [1.807, 2.05) is 25.1 Å². The van der Waals surface area contributed by atoms with Gasteiger partial charge in [-0.15, -0.1) is 11.3 Å². The highest BCUT2D eigenvalue weighted by molar-refractivity contribution is 7.11. The molecule has 1 aliphatic heterocycles. The Morgan fingerprint density at radius 2 is 1.67 bits per heavy atom. The van der Waals surface area contributed by atoms with Crippen LogP contribution in [0.5, 0.6) is 0 Å². The lowest BCUT2D eigenvalue weighted by Crippen LogP contribution is -2.32. The van der Waals surface area contributed by atoms with E-state index in [-0.39, 0.29) is 17.0 Å². The van der Waals surface area contributed by atoms with Crippen molar-refractivity contribution in [2.24, 2.45) is 0 Å². The van der Waals surface area contributed by atoms with E-state index in [9.17, 15) is 22.8 Å². The second-order valence-corrected chi connectivity index (χ2v) is 7.66. The molecule has 0 spiro atoms. The van der Waals surface area contributed by atoms with Gasteiger partial charge in [-0.05, 0) is 60.3 Å². The van der Waals surface area contributed by atoms with E-state index < -0.39 is 23.6 Å². The summed E-state index contributed by atoms with van der Waals surface area (Å²) in [5.41, 5.74) is 1.11. The van der Waals surface area contributed by atoms with Crippen LogP contribution < -0.4 is 10.2 Å². The van der Waals surface area contributed by atoms with Crippen LogP contribution in [0.25, 0.3) is 5.57 Å². The summed E-state index contributed by atoms with van der Waals surface area (Å²) in [5, 5.41) is 4.81. The van der Waals surface area contributed by atoms with Gasteiger partial charge >= 0.3 is 6.18 Å². The number of benzene rings is 2. The van der Waals surface area contributed by atoms with Gasteiger partial charge in [-0.2, -0.15) is 13.2 Å². The molecular formula is C22H15F3N2O2S. The molecule has 0 atom stereocenters. The Morgan fingerprint density at radius 1 is 0.933 bits per heavy atom. The highest BCUT2D eigenvalue weighted by atomic mass is 32.1. The summed E-state index contributed by atoms with van der Waals surface area (Å²) in [5.74, 6) is -1.21. The summed E-state index contributed by atoms with van der Waals surface area (Å²) in [6, 6.07) is 14.8. The summed E-state index contributed by atoms with van der Waals surface area (Å²) in [6.07, 6.45) is -4.50. The molecule has 30 heavy (non-hydrogen) atoms. The molecule has 2 amide bonds. The Kier molecular flexibility index (Phi) is 4.95. The monoisotopic (exact) mass is 428 g/mol. The van der Waals surface area contributed by atoms with Crippen molar-refractivity contribution in [3.05, 3.63) is 87.7 Å². The molecule has 0 radical (unpaired) electrons. The van der Waals surface area contributed by atoms with Crippen molar-refractivity contribution in [1.29, 1.82) is 0 Å². The number of nitrogens with zero attached hydrogens (tertiary/aromatic N) is 1. The number of alkyl halides is 3. The summed E-state index contributed by atoms with van der Waals surface area (Å²) in [4.78, 5) is 27.8. The Balaban J connectivity index is 1.75. The highest BCUT2D eigenvalue weighted by Gasteiger charge is 2.41. The molecule has 152 valence electrons. The van der Waals surface area contributed by atoms with Gasteiger partial charge in [0.2, 0.25) is 0 Å². The Bertz CT molecular complexity index is 1150. The average Bonchev–Trinajstić information content (AvgIpc) is 3.28. The quantitative estimate of drug-likeness (QED) is 0.561. The molecule has 2 aromatic carbocycles. The third kappa shape index (κ3) is 3.61. The zero-order valence-electron chi connectivity index (χ0n) is 15.7. The molecule has 0 fully saturated rings. The highest BCUT2D eigenvalue weighted by Crippen LogP contribution is 2.37. The van der Waals surface area contributed by atoms with Gasteiger partial charge in [-0.3, -0.25) is 9.59 Å². The number of anilines is 2. The minimum Gasteiger partial charge on any atom is -0.350 e. The van der Waals surface area contributed by atoms with Crippen molar-refractivity contribution in [2.75, 3.05) is 10.2 Å². The standard InChI is InChI=1S/C22H15F3N2O2S/c1-13-4-2-5-15(12-13)26-19-18(17-6-3-11-30-17)20(28)27(21(19)29)16-9-7-14(8-10-16)22(23,24)25/h2-12,26H,1H3. The van der Waals surface area contributed by atoms with E-state index in [0.717, 1.165) is 34.7 Å². The second kappa shape index (κ2) is 7.46. The molecular weight excluding hydrogens is 413 g/mol. The number of imide groups is 1. The first-order valence-electron chi connectivity index (χ1n) is 8.93. The lowest BCUT2D eigenvalue weighted by molar-refractivity contribution is -0.137. The lowest BCUT2D eigenvalue weighted by atomic mass is 10.1. The van der Waals surface area contributed by atoms with E-state index in [1.165, 1.54) is 11.3 Å². The number of carbonyl (C=O) groups is 2. The molecule has 1 N–H and O–H groups in total. The maximum atomic E-state index is 13.2. The minimum absolute atomic E-state index is 0.0769. The third-order valence-corrected chi connectivity index (χ3v) is 5.48. The molecule has 4 nitrogen and oxygen atoms in total. The molecule has 3 aromatic rings. The molecule has 0 bridgehead atoms. The van der Waals surface area contributed by atoms with E-state index in [2.05, 4.69) is 5.32 Å². The minimum atomic E-state index is -4.50. The maximum Gasteiger partial charge on any atom is 0.416 e. The fraction of sp³-hybridized carbons (Fsp3) is 0.0909. The lowest BCUT2D eigenvalue weighted by Gasteiger charge is -2.16. The molecule has 8 heteroatoms. The van der Waals surface area contributed by atoms with Crippen molar-refractivity contribution in [2.45, 2.75) is 13.1 Å². The van der Waals surface area contributed by atoms with Crippen LogP contribution in [0, 0.1) is 6.92 Å². The van der Waals surface area contributed by atoms with Gasteiger partial charge in [0.1, 0.15) is 5.70 Å². The van der Waals surface area contributed by atoms with Gasteiger partial charge < -0.3 is 5.32 Å². The van der Waals surface area contributed by atoms with Crippen molar-refractivity contribution in [3.8, 4) is 0 Å². The molecule has 2 heterocycles. The van der Waals surface area contributed by atoms with Crippen molar-refractivity contribution in [1.82, 2.24) is 0 Å². The maximum absolute atomic E-state index is 13.2.